The molecular formula is C16H8F8N4OS. The van der Waals surface area contributed by atoms with Gasteiger partial charge in [-0.05, 0) is 6.07 Å². The molecule has 0 atom stereocenters. The van der Waals surface area contributed by atoms with E-state index in [0.717, 1.165) is 22.2 Å². The van der Waals surface area contributed by atoms with Crippen LogP contribution in [0, 0.1) is 0 Å². The molecule has 0 aliphatic heterocycles. The Morgan fingerprint density at radius 3 is 2.17 bits per heavy atom. The number of benzene rings is 1. The van der Waals surface area contributed by atoms with Gasteiger partial charge in [0.25, 0.3) is 0 Å². The first kappa shape index (κ1) is 21.7. The third-order valence-electron chi connectivity index (χ3n) is 4.05. The summed E-state index contributed by atoms with van der Waals surface area (Å²) in [6.07, 6.45) is -11.1. The summed E-state index contributed by atoms with van der Waals surface area (Å²) in [6, 6.07) is 0.791. The Labute approximate surface area is 165 Å². The maximum atomic E-state index is 14.3. The van der Waals surface area contributed by atoms with Gasteiger partial charge in [-0.25, -0.2) is 4.98 Å². The minimum absolute atomic E-state index is 0.208. The topological polar surface area (TPSA) is 84.7 Å². The molecule has 1 amide bonds. The molecule has 0 saturated carbocycles. The van der Waals surface area contributed by atoms with E-state index in [1.165, 1.54) is 0 Å². The van der Waals surface area contributed by atoms with Crippen LogP contribution < -0.4 is 5.73 Å². The van der Waals surface area contributed by atoms with Crippen LogP contribution in [0.3, 0.4) is 0 Å². The predicted molar refractivity (Wildman–Crippen MR) is 88.6 cm³/mol. The van der Waals surface area contributed by atoms with Crippen LogP contribution in [0.4, 0.5) is 35.1 Å². The number of hydrogen-bond donors (Lipinski definition) is 2. The molecule has 0 aliphatic rings. The van der Waals surface area contributed by atoms with E-state index >= 15 is 0 Å². The van der Waals surface area contributed by atoms with Gasteiger partial charge in [0.15, 0.2) is 0 Å². The van der Waals surface area contributed by atoms with Crippen molar-refractivity contribution in [2.45, 2.75) is 18.3 Å². The summed E-state index contributed by atoms with van der Waals surface area (Å²) in [4.78, 5) is 15.6. The van der Waals surface area contributed by atoms with Gasteiger partial charge in [0.1, 0.15) is 5.56 Å². The molecule has 2 heterocycles. The van der Waals surface area contributed by atoms with E-state index in [1.54, 1.807) is 0 Å². The van der Waals surface area contributed by atoms with E-state index in [2.05, 4.69) is 10.1 Å². The minimum Gasteiger partial charge on any atom is -0.366 e. The Kier molecular flexibility index (Phi) is 5.08. The van der Waals surface area contributed by atoms with Gasteiger partial charge in [0.2, 0.25) is 5.91 Å². The van der Waals surface area contributed by atoms with Crippen LogP contribution >= 0.6 is 11.3 Å². The number of nitrogens with one attached hydrogen (secondary N) is 1. The third kappa shape index (κ3) is 3.51. The number of carbonyl (C=O) groups excluding carboxylic acids is 1. The van der Waals surface area contributed by atoms with Crippen LogP contribution in [0.2, 0.25) is 0 Å². The highest BCUT2D eigenvalue weighted by Gasteiger charge is 2.60. The van der Waals surface area contributed by atoms with E-state index in [9.17, 15) is 39.9 Å². The number of carbonyl (C=O) groups is 1. The number of amides is 1. The van der Waals surface area contributed by atoms with Gasteiger partial charge in [0.05, 0.1) is 23.1 Å². The second kappa shape index (κ2) is 7.04. The Bertz CT molecular complexity index is 1090. The van der Waals surface area contributed by atoms with E-state index in [0.29, 0.717) is 6.07 Å². The second-order valence-corrected chi connectivity index (χ2v) is 6.60. The van der Waals surface area contributed by atoms with Crippen molar-refractivity contribution >= 4 is 17.2 Å². The zero-order chi connectivity index (χ0) is 22.5. The van der Waals surface area contributed by atoms with Crippen LogP contribution in [-0.4, -0.2) is 27.3 Å². The fourth-order valence-electron chi connectivity index (χ4n) is 2.78. The highest BCUT2D eigenvalue weighted by atomic mass is 32.1. The number of H-pyrrole nitrogens is 1. The van der Waals surface area contributed by atoms with Gasteiger partial charge < -0.3 is 5.73 Å². The summed E-state index contributed by atoms with van der Waals surface area (Å²) in [5.74, 6) is -6.84. The van der Waals surface area contributed by atoms with Crippen molar-refractivity contribution in [1.82, 2.24) is 15.2 Å². The minimum atomic E-state index is -6.15. The number of halogens is 8. The molecule has 2 aromatic heterocycles. The lowest BCUT2D eigenvalue weighted by Crippen LogP contribution is -2.34. The van der Waals surface area contributed by atoms with Crippen molar-refractivity contribution in [2.75, 3.05) is 0 Å². The average molecular weight is 456 g/mol. The molecule has 0 bridgehead atoms. The van der Waals surface area contributed by atoms with Crippen molar-refractivity contribution in [1.29, 1.82) is 0 Å². The van der Waals surface area contributed by atoms with Gasteiger partial charge in [-0.1, -0.05) is 6.07 Å². The van der Waals surface area contributed by atoms with Gasteiger partial charge in [-0.2, -0.15) is 40.2 Å². The van der Waals surface area contributed by atoms with Crippen molar-refractivity contribution in [3.63, 3.8) is 0 Å². The normalized spacial score (nSPS) is 12.9. The van der Waals surface area contributed by atoms with E-state index in [1.807, 2.05) is 5.10 Å². The Hall–Kier alpha value is -3.03. The number of nitrogens with two attached hydrogens (primary N) is 1. The fourth-order valence-corrected chi connectivity index (χ4v) is 3.32. The molecular weight excluding hydrogens is 448 g/mol. The number of primary amides is 1. The molecule has 0 unspecified atom stereocenters. The van der Waals surface area contributed by atoms with Crippen LogP contribution in [0.1, 0.15) is 21.5 Å². The largest absolute Gasteiger partial charge is 0.458 e. The van der Waals surface area contributed by atoms with Gasteiger partial charge in [-0.3, -0.25) is 9.89 Å². The maximum absolute atomic E-state index is 14.3. The van der Waals surface area contributed by atoms with E-state index in [4.69, 9.17) is 5.73 Å². The number of rotatable bonds is 4. The zero-order valence-corrected chi connectivity index (χ0v) is 15.0. The lowest BCUT2D eigenvalue weighted by molar-refractivity contribution is -0.289. The highest BCUT2D eigenvalue weighted by molar-refractivity contribution is 7.07. The van der Waals surface area contributed by atoms with Crippen LogP contribution in [-0.2, 0) is 12.1 Å². The maximum Gasteiger partial charge on any atom is 0.458 e. The fraction of sp³-hybridized carbons (Fsp3) is 0.188. The summed E-state index contributed by atoms with van der Waals surface area (Å²) < 4.78 is 108. The number of nitrogens with zero attached hydrogens (tertiary/aromatic N) is 2. The monoisotopic (exact) mass is 456 g/mol. The SMILES string of the molecule is NC(=O)c1ccc(C(F)(F)C(F)(F)F)c(-c2[nH]ncc2C(F)(F)F)c1-c1cscn1. The standard InChI is InChI=1S/C16H8F8N4OS/c17-14(18,16(22,23)24)7-2-1-6(13(25)29)10(9-4-30-5-26-9)11(7)12-8(3-27-28-12)15(19,20)21/h1-5H,(H2,25,29)(H,27,28). The molecule has 14 heteroatoms. The van der Waals surface area contributed by atoms with Crippen molar-refractivity contribution in [3.05, 3.63) is 45.9 Å². The lowest BCUT2D eigenvalue weighted by Gasteiger charge is -2.25. The van der Waals surface area contributed by atoms with E-state index < -0.39 is 57.7 Å². The average Bonchev–Trinajstić information content (AvgIpc) is 3.30. The van der Waals surface area contributed by atoms with Crippen LogP contribution in [0.5, 0.6) is 0 Å². The van der Waals surface area contributed by atoms with Crippen molar-refractivity contribution in [3.8, 4) is 22.5 Å². The number of thiazole rings is 1. The number of aromatic nitrogens is 3. The summed E-state index contributed by atoms with van der Waals surface area (Å²) in [5.41, 5.74) is -1.13. The summed E-state index contributed by atoms with van der Waals surface area (Å²) in [6.45, 7) is 0. The Morgan fingerprint density at radius 1 is 1.00 bits per heavy atom. The molecule has 0 aliphatic carbocycles. The van der Waals surface area contributed by atoms with Gasteiger partial charge in [-0.15, -0.1) is 11.3 Å². The summed E-state index contributed by atoms with van der Waals surface area (Å²) in [7, 11) is 0. The molecule has 3 N–H and O–H groups in total. The number of alkyl halides is 8. The van der Waals surface area contributed by atoms with Crippen molar-refractivity contribution < 1.29 is 39.9 Å². The molecule has 0 spiro atoms. The number of hydrogen-bond acceptors (Lipinski definition) is 4. The quantitative estimate of drug-likeness (QED) is 0.544. The second-order valence-electron chi connectivity index (χ2n) is 5.88. The number of aromatic amines is 1. The first-order chi connectivity index (χ1) is 13.8. The molecule has 0 radical (unpaired) electrons. The molecule has 0 fully saturated rings. The first-order valence-corrected chi connectivity index (χ1v) is 8.62. The molecule has 3 aromatic rings. The molecule has 5 nitrogen and oxygen atoms in total. The molecule has 160 valence electrons. The van der Waals surface area contributed by atoms with Crippen molar-refractivity contribution in [2.24, 2.45) is 5.73 Å². The third-order valence-corrected chi connectivity index (χ3v) is 4.63. The van der Waals surface area contributed by atoms with Gasteiger partial charge >= 0.3 is 18.3 Å². The van der Waals surface area contributed by atoms with Crippen LogP contribution in [0.15, 0.2) is 29.2 Å². The zero-order valence-electron chi connectivity index (χ0n) is 14.2. The predicted octanol–water partition coefficient (Wildman–Crippen LogP) is 4.97. The first-order valence-electron chi connectivity index (χ1n) is 7.68. The van der Waals surface area contributed by atoms with Crippen LogP contribution in [0.25, 0.3) is 22.5 Å². The molecule has 0 saturated heterocycles. The van der Waals surface area contributed by atoms with Gasteiger partial charge in [0, 0.05) is 27.6 Å². The Morgan fingerprint density at radius 2 is 1.67 bits per heavy atom. The molecule has 1 aromatic carbocycles. The molecule has 30 heavy (non-hydrogen) atoms. The smallest absolute Gasteiger partial charge is 0.366 e. The van der Waals surface area contributed by atoms with E-state index in [-0.39, 0.29) is 18.0 Å². The Balaban J connectivity index is 2.53. The highest BCUT2D eigenvalue weighted by Crippen LogP contribution is 2.51. The molecule has 3 rings (SSSR count). The lowest BCUT2D eigenvalue weighted by atomic mass is 9.87. The summed E-state index contributed by atoms with van der Waals surface area (Å²) >= 11 is 0.868. The summed E-state index contributed by atoms with van der Waals surface area (Å²) in [5, 5.41) is 6.11.